The number of piperazine rings is 1. The van der Waals surface area contributed by atoms with Crippen molar-refractivity contribution >= 4 is 18.3 Å². The van der Waals surface area contributed by atoms with Crippen molar-refractivity contribution in [3.05, 3.63) is 77.9 Å². The van der Waals surface area contributed by atoms with Gasteiger partial charge in [0, 0.05) is 43.8 Å². The van der Waals surface area contributed by atoms with Crippen LogP contribution in [0.25, 0.3) is 5.69 Å². The van der Waals surface area contributed by atoms with Gasteiger partial charge < -0.3 is 10.2 Å². The number of aryl methyl sites for hydroxylation is 1. The Labute approximate surface area is 164 Å². The molecule has 27 heavy (non-hydrogen) atoms. The number of carbonyl (C=O) groups excluding carboxylic acids is 1. The molecule has 140 valence electrons. The summed E-state index contributed by atoms with van der Waals surface area (Å²) in [6.45, 7) is 4.22. The van der Waals surface area contributed by atoms with Crippen LogP contribution in [0.4, 0.5) is 0 Å². The van der Waals surface area contributed by atoms with E-state index in [1.165, 1.54) is 0 Å². The van der Waals surface area contributed by atoms with Crippen LogP contribution in [0.1, 0.15) is 27.5 Å². The maximum Gasteiger partial charge on any atom is 0.254 e. The Bertz CT molecular complexity index is 894. The lowest BCUT2D eigenvalue weighted by Crippen LogP contribution is -2.48. The van der Waals surface area contributed by atoms with Crippen LogP contribution in [0.15, 0.2) is 61.2 Å². The normalized spacial score (nSPS) is 16.6. The van der Waals surface area contributed by atoms with Gasteiger partial charge in [-0.25, -0.2) is 4.68 Å². The van der Waals surface area contributed by atoms with Crippen LogP contribution in [0.3, 0.4) is 0 Å². The maximum atomic E-state index is 13.1. The zero-order chi connectivity index (χ0) is 17.9. The Morgan fingerprint density at radius 2 is 2.00 bits per heavy atom. The summed E-state index contributed by atoms with van der Waals surface area (Å²) in [6, 6.07) is 11.5. The third kappa shape index (κ3) is 4.02. The number of rotatable bonds is 3. The topological polar surface area (TPSA) is 63.1 Å². The van der Waals surface area contributed by atoms with E-state index in [2.05, 4.69) is 15.4 Å². The first-order valence-corrected chi connectivity index (χ1v) is 8.76. The van der Waals surface area contributed by atoms with Gasteiger partial charge in [0.25, 0.3) is 5.91 Å². The molecule has 1 fully saturated rings. The van der Waals surface area contributed by atoms with Crippen LogP contribution in [0, 0.1) is 6.92 Å². The molecule has 1 saturated heterocycles. The molecule has 6 nitrogen and oxygen atoms in total. The van der Waals surface area contributed by atoms with E-state index in [9.17, 15) is 4.79 Å². The molecular weight excluding hydrogens is 362 g/mol. The number of benzene rings is 1. The molecule has 1 aliphatic rings. The van der Waals surface area contributed by atoms with Gasteiger partial charge in [-0.2, -0.15) is 5.10 Å². The van der Waals surface area contributed by atoms with Crippen molar-refractivity contribution in [1.29, 1.82) is 0 Å². The van der Waals surface area contributed by atoms with Crippen molar-refractivity contribution in [2.24, 2.45) is 0 Å². The summed E-state index contributed by atoms with van der Waals surface area (Å²) < 4.78 is 1.81. The molecular formula is C20H22ClN5O. The van der Waals surface area contributed by atoms with Crippen LogP contribution in [0.2, 0.25) is 0 Å². The number of hydrogen-bond donors (Lipinski definition) is 1. The molecule has 3 aromatic rings. The smallest absolute Gasteiger partial charge is 0.254 e. The quantitative estimate of drug-likeness (QED) is 0.755. The molecule has 0 aliphatic carbocycles. The predicted octanol–water partition coefficient (Wildman–Crippen LogP) is 2.78. The molecule has 1 aromatic carbocycles. The number of halogens is 1. The zero-order valence-electron chi connectivity index (χ0n) is 15.1. The average molecular weight is 384 g/mol. The first-order chi connectivity index (χ1) is 12.7. The summed E-state index contributed by atoms with van der Waals surface area (Å²) in [7, 11) is 0. The number of pyridine rings is 1. The summed E-state index contributed by atoms with van der Waals surface area (Å²) in [4.78, 5) is 19.2. The highest BCUT2D eigenvalue weighted by molar-refractivity contribution is 5.94. The number of nitrogens with one attached hydrogen (secondary N) is 1. The van der Waals surface area contributed by atoms with Gasteiger partial charge in [-0.05, 0) is 48.4 Å². The first kappa shape index (κ1) is 19.1. The summed E-state index contributed by atoms with van der Waals surface area (Å²) in [5.41, 5.74) is 3.79. The van der Waals surface area contributed by atoms with Crippen molar-refractivity contribution in [3.63, 3.8) is 0 Å². The molecule has 0 saturated carbocycles. The van der Waals surface area contributed by atoms with Gasteiger partial charge in [-0.1, -0.05) is 6.07 Å². The fraction of sp³-hybridized carbons (Fsp3) is 0.250. The maximum absolute atomic E-state index is 13.1. The number of hydrogen-bond acceptors (Lipinski definition) is 4. The highest BCUT2D eigenvalue weighted by atomic mass is 35.5. The van der Waals surface area contributed by atoms with E-state index in [0.29, 0.717) is 12.1 Å². The van der Waals surface area contributed by atoms with Gasteiger partial charge in [0.2, 0.25) is 0 Å². The van der Waals surface area contributed by atoms with E-state index >= 15 is 0 Å². The molecule has 0 bridgehead atoms. The highest BCUT2D eigenvalue weighted by Gasteiger charge is 2.28. The fourth-order valence-electron chi connectivity index (χ4n) is 3.29. The van der Waals surface area contributed by atoms with Crippen LogP contribution in [-0.2, 0) is 0 Å². The molecule has 3 heterocycles. The van der Waals surface area contributed by atoms with Crippen LogP contribution >= 0.6 is 12.4 Å². The third-order valence-electron chi connectivity index (χ3n) is 4.66. The van der Waals surface area contributed by atoms with Gasteiger partial charge in [-0.15, -0.1) is 12.4 Å². The predicted molar refractivity (Wildman–Crippen MR) is 106 cm³/mol. The van der Waals surface area contributed by atoms with Crippen molar-refractivity contribution in [2.45, 2.75) is 13.0 Å². The number of amides is 1. The second-order valence-electron chi connectivity index (χ2n) is 6.51. The first-order valence-electron chi connectivity index (χ1n) is 8.76. The molecule has 7 heteroatoms. The molecule has 1 N–H and O–H groups in total. The molecule has 2 aromatic heterocycles. The number of nitrogens with zero attached hydrogens (tertiary/aromatic N) is 4. The number of aromatic nitrogens is 3. The monoisotopic (exact) mass is 383 g/mol. The van der Waals surface area contributed by atoms with Gasteiger partial charge in [0.1, 0.15) is 0 Å². The minimum absolute atomic E-state index is 0. The molecule has 1 atom stereocenters. The van der Waals surface area contributed by atoms with E-state index < -0.39 is 0 Å². The van der Waals surface area contributed by atoms with Gasteiger partial charge in [0.15, 0.2) is 0 Å². The standard InChI is InChI=1S/C20H21N5O.ClH/c1-15-11-23-25(14-15)18-6-4-16(5-7-18)20(26)24-10-9-22-13-19(24)17-3-2-8-21-12-17;/h2-8,11-12,14,19,22H,9-10,13H2,1H3;1H. The van der Waals surface area contributed by atoms with Gasteiger partial charge >= 0.3 is 0 Å². The van der Waals surface area contributed by atoms with Gasteiger partial charge in [0.05, 0.1) is 17.9 Å². The summed E-state index contributed by atoms with van der Waals surface area (Å²) in [6.07, 6.45) is 7.37. The lowest BCUT2D eigenvalue weighted by molar-refractivity contribution is 0.0634. The molecule has 0 radical (unpaired) electrons. The van der Waals surface area contributed by atoms with E-state index in [-0.39, 0.29) is 24.4 Å². The highest BCUT2D eigenvalue weighted by Crippen LogP contribution is 2.24. The summed E-state index contributed by atoms with van der Waals surface area (Å²) >= 11 is 0. The van der Waals surface area contributed by atoms with Crippen LogP contribution in [0.5, 0.6) is 0 Å². The lowest BCUT2D eigenvalue weighted by Gasteiger charge is -2.36. The fourth-order valence-corrected chi connectivity index (χ4v) is 3.29. The Morgan fingerprint density at radius 3 is 2.67 bits per heavy atom. The summed E-state index contributed by atoms with van der Waals surface area (Å²) in [5, 5.41) is 7.68. The second-order valence-corrected chi connectivity index (χ2v) is 6.51. The van der Waals surface area contributed by atoms with Crippen LogP contribution in [-0.4, -0.2) is 45.2 Å². The van der Waals surface area contributed by atoms with Gasteiger partial charge in [-0.3, -0.25) is 9.78 Å². The third-order valence-corrected chi connectivity index (χ3v) is 4.66. The van der Waals surface area contributed by atoms with Crippen molar-refractivity contribution in [3.8, 4) is 5.69 Å². The van der Waals surface area contributed by atoms with E-state index in [0.717, 1.165) is 29.9 Å². The average Bonchev–Trinajstić information content (AvgIpc) is 3.14. The Kier molecular flexibility index (Phi) is 5.88. The molecule has 1 unspecified atom stereocenters. The minimum atomic E-state index is -0.00149. The van der Waals surface area contributed by atoms with Crippen LogP contribution < -0.4 is 5.32 Å². The SMILES string of the molecule is Cc1cnn(-c2ccc(C(=O)N3CCNCC3c3cccnc3)cc2)c1.Cl. The second kappa shape index (κ2) is 8.33. The Morgan fingerprint density at radius 1 is 1.19 bits per heavy atom. The lowest BCUT2D eigenvalue weighted by atomic mass is 10.0. The Balaban J connectivity index is 0.00000210. The van der Waals surface area contributed by atoms with Crippen molar-refractivity contribution < 1.29 is 4.79 Å². The van der Waals surface area contributed by atoms with E-state index in [1.54, 1.807) is 6.20 Å². The molecule has 1 amide bonds. The van der Waals surface area contributed by atoms with Crippen molar-refractivity contribution in [1.82, 2.24) is 25.0 Å². The number of carbonyl (C=O) groups is 1. The van der Waals surface area contributed by atoms with E-state index in [1.807, 2.05) is 71.5 Å². The van der Waals surface area contributed by atoms with E-state index in [4.69, 9.17) is 0 Å². The summed E-state index contributed by atoms with van der Waals surface area (Å²) in [5.74, 6) is 0.0450. The van der Waals surface area contributed by atoms with Crippen molar-refractivity contribution in [2.75, 3.05) is 19.6 Å². The largest absolute Gasteiger partial charge is 0.329 e. The molecule has 0 spiro atoms. The molecule has 4 rings (SSSR count). The Hall–Kier alpha value is -2.70. The molecule has 1 aliphatic heterocycles. The minimum Gasteiger partial charge on any atom is -0.329 e. The zero-order valence-corrected chi connectivity index (χ0v) is 15.9.